The first-order chi connectivity index (χ1) is 19.9. The highest BCUT2D eigenvalue weighted by Crippen LogP contribution is 2.43. The van der Waals surface area contributed by atoms with Gasteiger partial charge in [0, 0.05) is 24.5 Å². The molecule has 3 aromatic rings. The Hall–Kier alpha value is -4.53. The minimum atomic E-state index is -0.882. The van der Waals surface area contributed by atoms with E-state index >= 15 is 0 Å². The van der Waals surface area contributed by atoms with Crippen LogP contribution in [0.1, 0.15) is 49.9 Å². The summed E-state index contributed by atoms with van der Waals surface area (Å²) in [4.78, 5) is 32.6. The van der Waals surface area contributed by atoms with E-state index in [1.165, 1.54) is 4.90 Å². The zero-order chi connectivity index (χ0) is 28.9. The Labute approximate surface area is 239 Å². The van der Waals surface area contributed by atoms with Crippen LogP contribution in [0.25, 0.3) is 5.76 Å². The number of ketones is 1. The van der Waals surface area contributed by atoms with Gasteiger partial charge in [-0.1, -0.05) is 26.0 Å². The summed E-state index contributed by atoms with van der Waals surface area (Å²) >= 11 is 0. The van der Waals surface area contributed by atoms with Crippen molar-refractivity contribution < 1.29 is 33.6 Å². The van der Waals surface area contributed by atoms with E-state index in [1.54, 1.807) is 54.9 Å². The summed E-state index contributed by atoms with van der Waals surface area (Å²) < 4.78 is 23.2. The monoisotopic (exact) mass is 558 g/mol. The van der Waals surface area contributed by atoms with Gasteiger partial charge in [-0.25, -0.2) is 0 Å². The molecule has 1 fully saturated rings. The number of nitrogens with zero attached hydrogens (tertiary/aromatic N) is 2. The maximum absolute atomic E-state index is 13.5. The minimum absolute atomic E-state index is 0.0218. The molecular formula is C32H34N2O7. The van der Waals surface area contributed by atoms with E-state index in [2.05, 4.69) is 18.8 Å². The molecule has 1 amide bonds. The van der Waals surface area contributed by atoms with Gasteiger partial charge in [0.15, 0.2) is 23.0 Å². The number of fused-ring (bicyclic) bond motifs is 1. The molecule has 0 spiro atoms. The van der Waals surface area contributed by atoms with E-state index in [9.17, 15) is 14.7 Å². The lowest BCUT2D eigenvalue weighted by Crippen LogP contribution is -2.29. The zero-order valence-electron chi connectivity index (χ0n) is 23.5. The van der Waals surface area contributed by atoms with Crippen molar-refractivity contribution in [1.29, 1.82) is 0 Å². The molecule has 1 atom stereocenters. The van der Waals surface area contributed by atoms with E-state index in [0.717, 1.165) is 12.0 Å². The lowest BCUT2D eigenvalue weighted by Gasteiger charge is -2.26. The maximum Gasteiger partial charge on any atom is 0.295 e. The number of carbonyl (C=O) groups excluding carboxylic acids is 2. The number of rotatable bonds is 10. The number of aromatic nitrogens is 1. The first-order valence-corrected chi connectivity index (χ1v) is 13.8. The fraction of sp³-hybridized carbons (Fsp3) is 0.344. The number of aliphatic hydroxyl groups is 1. The van der Waals surface area contributed by atoms with Crippen molar-refractivity contribution in [1.82, 2.24) is 9.88 Å². The highest BCUT2D eigenvalue weighted by molar-refractivity contribution is 6.46. The predicted octanol–water partition coefficient (Wildman–Crippen LogP) is 5.30. The molecule has 0 radical (unpaired) electrons. The summed E-state index contributed by atoms with van der Waals surface area (Å²) in [7, 11) is 0. The van der Waals surface area contributed by atoms with E-state index in [1.807, 2.05) is 13.0 Å². The molecule has 1 N–H and O–H groups in total. The maximum atomic E-state index is 13.5. The second-order valence-corrected chi connectivity index (χ2v) is 10.3. The fourth-order valence-corrected chi connectivity index (χ4v) is 4.91. The number of carbonyl (C=O) groups is 2. The summed E-state index contributed by atoms with van der Waals surface area (Å²) in [6, 6.07) is 13.0. The van der Waals surface area contributed by atoms with Crippen molar-refractivity contribution in [2.24, 2.45) is 5.92 Å². The van der Waals surface area contributed by atoms with E-state index in [4.69, 9.17) is 18.9 Å². The predicted molar refractivity (Wildman–Crippen MR) is 152 cm³/mol. The van der Waals surface area contributed by atoms with Crippen LogP contribution in [0, 0.1) is 5.92 Å². The summed E-state index contributed by atoms with van der Waals surface area (Å²) in [6.45, 7) is 7.98. The van der Waals surface area contributed by atoms with Crippen LogP contribution in [0.2, 0.25) is 0 Å². The van der Waals surface area contributed by atoms with Gasteiger partial charge in [-0.15, -0.1) is 0 Å². The third-order valence-corrected chi connectivity index (χ3v) is 6.97. The Morgan fingerprint density at radius 1 is 1.05 bits per heavy atom. The largest absolute Gasteiger partial charge is 0.507 e. The molecule has 0 saturated carbocycles. The van der Waals surface area contributed by atoms with Crippen molar-refractivity contribution in [3.8, 4) is 23.0 Å². The molecule has 214 valence electrons. The quantitative estimate of drug-likeness (QED) is 0.203. The van der Waals surface area contributed by atoms with E-state index in [-0.39, 0.29) is 17.9 Å². The molecule has 2 aromatic carbocycles. The van der Waals surface area contributed by atoms with Crippen molar-refractivity contribution in [2.75, 3.05) is 26.4 Å². The summed E-state index contributed by atoms with van der Waals surface area (Å²) in [5, 5.41) is 11.5. The van der Waals surface area contributed by atoms with Crippen molar-refractivity contribution in [3.63, 3.8) is 0 Å². The first kappa shape index (κ1) is 28.0. The molecule has 41 heavy (non-hydrogen) atoms. The van der Waals surface area contributed by atoms with Crippen LogP contribution in [0.15, 0.2) is 66.5 Å². The number of benzene rings is 2. The number of amides is 1. The van der Waals surface area contributed by atoms with Gasteiger partial charge in [-0.05, 0) is 66.8 Å². The van der Waals surface area contributed by atoms with E-state index < -0.39 is 17.7 Å². The molecule has 1 unspecified atom stereocenters. The van der Waals surface area contributed by atoms with Gasteiger partial charge in [-0.3, -0.25) is 14.6 Å². The van der Waals surface area contributed by atoms with Crippen LogP contribution in [-0.2, 0) is 16.1 Å². The fourth-order valence-electron chi connectivity index (χ4n) is 4.91. The van der Waals surface area contributed by atoms with Crippen molar-refractivity contribution >= 4 is 17.4 Å². The number of hydrogen-bond donors (Lipinski definition) is 1. The van der Waals surface area contributed by atoms with Crippen LogP contribution in [0.3, 0.4) is 0 Å². The Morgan fingerprint density at radius 3 is 2.59 bits per heavy atom. The van der Waals surface area contributed by atoms with Crippen molar-refractivity contribution in [3.05, 3.63) is 83.2 Å². The lowest BCUT2D eigenvalue weighted by atomic mass is 9.94. The number of aliphatic hydroxyl groups excluding tert-OH is 1. The van der Waals surface area contributed by atoms with Crippen LogP contribution < -0.4 is 18.9 Å². The molecule has 1 aromatic heterocycles. The average molecular weight is 559 g/mol. The molecule has 9 nitrogen and oxygen atoms in total. The number of Topliss-reactive ketones (excluding diaryl/α,β-unsaturated/α-hetero) is 1. The Kier molecular flexibility index (Phi) is 8.42. The van der Waals surface area contributed by atoms with Crippen LogP contribution in [0.4, 0.5) is 0 Å². The Bertz CT molecular complexity index is 1450. The third-order valence-electron chi connectivity index (χ3n) is 6.97. The van der Waals surface area contributed by atoms with E-state index in [0.29, 0.717) is 66.5 Å². The highest BCUT2D eigenvalue weighted by Gasteiger charge is 2.46. The number of pyridine rings is 1. The molecule has 0 bridgehead atoms. The first-order valence-electron chi connectivity index (χ1n) is 13.8. The van der Waals surface area contributed by atoms with Gasteiger partial charge in [0.1, 0.15) is 19.0 Å². The van der Waals surface area contributed by atoms with Gasteiger partial charge in [-0.2, -0.15) is 0 Å². The molecule has 0 aliphatic carbocycles. The molecule has 2 aliphatic heterocycles. The molecule has 3 heterocycles. The molecule has 5 rings (SSSR count). The van der Waals surface area contributed by atoms with Crippen LogP contribution >= 0.6 is 0 Å². The lowest BCUT2D eigenvalue weighted by molar-refractivity contribution is -0.140. The molecule has 2 aliphatic rings. The number of likely N-dealkylation sites (tertiary alicyclic amines) is 1. The second-order valence-electron chi connectivity index (χ2n) is 10.3. The van der Waals surface area contributed by atoms with Gasteiger partial charge in [0.2, 0.25) is 0 Å². The third kappa shape index (κ3) is 5.99. The molecule has 9 heteroatoms. The SMILES string of the molecule is CCOc1cc(C2/C(=C(/O)c3ccc4c(c3)OCCO4)C(=O)C(=O)N2Cc2cccnc2)ccc1OCCC(C)C. The van der Waals surface area contributed by atoms with Gasteiger partial charge in [0.25, 0.3) is 11.7 Å². The van der Waals surface area contributed by atoms with Gasteiger partial charge < -0.3 is 29.0 Å². The highest BCUT2D eigenvalue weighted by atomic mass is 16.6. The van der Waals surface area contributed by atoms with Gasteiger partial charge in [0.05, 0.1) is 24.8 Å². The summed E-state index contributed by atoms with van der Waals surface area (Å²) in [5.74, 6) is 0.785. The van der Waals surface area contributed by atoms with Gasteiger partial charge >= 0.3 is 0 Å². The van der Waals surface area contributed by atoms with Crippen LogP contribution in [-0.4, -0.2) is 53.1 Å². The number of ether oxygens (including phenoxy) is 4. The molecular weight excluding hydrogens is 524 g/mol. The number of hydrogen-bond acceptors (Lipinski definition) is 8. The Balaban J connectivity index is 1.60. The normalized spacial score (nSPS) is 17.7. The zero-order valence-corrected chi connectivity index (χ0v) is 23.5. The average Bonchev–Trinajstić information content (AvgIpc) is 3.22. The second kappa shape index (κ2) is 12.3. The standard InChI is InChI=1S/C32H34N2O7/c1-4-38-26-16-22(7-9-24(26)39-13-11-20(2)3)29-28(30(35)23-8-10-25-27(17-23)41-15-14-40-25)31(36)32(37)34(29)19-21-6-5-12-33-18-21/h5-10,12,16-18,20,29,35H,4,11,13-15,19H2,1-3H3/b30-28-. The minimum Gasteiger partial charge on any atom is -0.507 e. The van der Waals surface area contributed by atoms with Crippen molar-refractivity contribution in [2.45, 2.75) is 39.8 Å². The summed E-state index contributed by atoms with van der Waals surface area (Å²) in [6.07, 6.45) is 4.17. The summed E-state index contributed by atoms with van der Waals surface area (Å²) in [5.41, 5.74) is 1.67. The van der Waals surface area contributed by atoms with Crippen LogP contribution in [0.5, 0.6) is 23.0 Å². The topological polar surface area (TPSA) is 107 Å². The smallest absolute Gasteiger partial charge is 0.295 e. The molecule has 1 saturated heterocycles. The Morgan fingerprint density at radius 2 is 1.85 bits per heavy atom.